The summed E-state index contributed by atoms with van der Waals surface area (Å²) in [5.41, 5.74) is 3.92. The Morgan fingerprint density at radius 3 is 2.24 bits per heavy atom. The van der Waals surface area contributed by atoms with Crippen LogP contribution in [0, 0.1) is 6.92 Å². The van der Waals surface area contributed by atoms with Gasteiger partial charge in [-0.25, -0.2) is 0 Å². The fourth-order valence-corrected chi connectivity index (χ4v) is 2.95. The van der Waals surface area contributed by atoms with E-state index in [1.54, 1.807) is 31.4 Å². The van der Waals surface area contributed by atoms with E-state index in [0.717, 1.165) is 22.6 Å². The van der Waals surface area contributed by atoms with Gasteiger partial charge in [-0.1, -0.05) is 24.3 Å². The summed E-state index contributed by atoms with van der Waals surface area (Å²) >= 11 is 0. The molecule has 0 bridgehead atoms. The lowest BCUT2D eigenvalue weighted by atomic mass is 10.1. The largest absolute Gasteiger partial charge is 0.497 e. The maximum absolute atomic E-state index is 12.4. The number of hydrogen-bond donors (Lipinski definition) is 2. The van der Waals surface area contributed by atoms with Crippen LogP contribution in [-0.4, -0.2) is 25.5 Å². The summed E-state index contributed by atoms with van der Waals surface area (Å²) in [6.45, 7) is 2.49. The number of carbonyl (C=O) groups excluding carboxylic acids is 2. The van der Waals surface area contributed by atoms with E-state index in [1.165, 1.54) is 0 Å². The first-order valence-electron chi connectivity index (χ1n) is 9.44. The molecule has 0 saturated heterocycles. The molecule has 148 valence electrons. The van der Waals surface area contributed by atoms with Crippen LogP contribution in [0.15, 0.2) is 72.8 Å². The van der Waals surface area contributed by atoms with Crippen LogP contribution in [0.3, 0.4) is 0 Å². The van der Waals surface area contributed by atoms with Crippen LogP contribution in [0.4, 0.5) is 5.69 Å². The second-order valence-electron chi connectivity index (χ2n) is 6.76. The summed E-state index contributed by atoms with van der Waals surface area (Å²) in [6, 6.07) is 22.0. The Morgan fingerprint density at radius 1 is 0.862 bits per heavy atom. The lowest BCUT2D eigenvalue weighted by Crippen LogP contribution is -2.25. The third-order valence-corrected chi connectivity index (χ3v) is 4.52. The van der Waals surface area contributed by atoms with Crippen LogP contribution in [0.2, 0.25) is 0 Å². The number of rotatable bonds is 7. The monoisotopic (exact) mass is 388 g/mol. The van der Waals surface area contributed by atoms with Gasteiger partial charge >= 0.3 is 0 Å². The molecule has 5 heteroatoms. The molecule has 0 fully saturated rings. The van der Waals surface area contributed by atoms with E-state index < -0.39 is 0 Å². The highest BCUT2D eigenvalue weighted by Crippen LogP contribution is 2.14. The van der Waals surface area contributed by atoms with E-state index in [1.807, 2.05) is 55.5 Å². The minimum absolute atomic E-state index is 0.168. The molecule has 0 heterocycles. The molecule has 3 rings (SSSR count). The maximum atomic E-state index is 12.4. The highest BCUT2D eigenvalue weighted by Gasteiger charge is 2.09. The van der Waals surface area contributed by atoms with Crippen molar-refractivity contribution in [3.8, 4) is 5.75 Å². The molecular formula is C24H24N2O3. The Kier molecular flexibility index (Phi) is 6.63. The number of benzene rings is 3. The van der Waals surface area contributed by atoms with Crippen molar-refractivity contribution in [2.45, 2.75) is 13.3 Å². The zero-order chi connectivity index (χ0) is 20.6. The topological polar surface area (TPSA) is 67.4 Å². The number of carbonyl (C=O) groups is 2. The Bertz CT molecular complexity index is 997. The van der Waals surface area contributed by atoms with E-state index in [4.69, 9.17) is 4.74 Å². The van der Waals surface area contributed by atoms with Crippen LogP contribution in [0.25, 0.3) is 0 Å². The summed E-state index contributed by atoms with van der Waals surface area (Å²) in [5, 5.41) is 5.76. The first-order chi connectivity index (χ1) is 14.0. The first-order valence-corrected chi connectivity index (χ1v) is 9.44. The molecule has 0 spiro atoms. The molecule has 0 aliphatic carbocycles. The molecule has 2 N–H and O–H groups in total. The maximum Gasteiger partial charge on any atom is 0.255 e. The summed E-state index contributed by atoms with van der Waals surface area (Å²) in [4.78, 5) is 24.7. The van der Waals surface area contributed by atoms with Gasteiger partial charge in [-0.15, -0.1) is 0 Å². The van der Waals surface area contributed by atoms with E-state index in [9.17, 15) is 9.59 Å². The first kappa shape index (κ1) is 20.1. The quantitative estimate of drug-likeness (QED) is 0.637. The average molecular weight is 388 g/mol. The molecule has 3 aromatic carbocycles. The third-order valence-electron chi connectivity index (χ3n) is 4.52. The smallest absolute Gasteiger partial charge is 0.255 e. The number of aryl methyl sites for hydroxylation is 1. The van der Waals surface area contributed by atoms with Crippen molar-refractivity contribution >= 4 is 17.5 Å². The Hall–Kier alpha value is -3.60. The molecule has 0 atom stereocenters. The van der Waals surface area contributed by atoms with Crippen LogP contribution >= 0.6 is 0 Å². The highest BCUT2D eigenvalue weighted by molar-refractivity contribution is 6.05. The molecular weight excluding hydrogens is 364 g/mol. The van der Waals surface area contributed by atoms with E-state index in [0.29, 0.717) is 24.1 Å². The van der Waals surface area contributed by atoms with Gasteiger partial charge in [0.25, 0.3) is 11.8 Å². The molecule has 2 amide bonds. The Morgan fingerprint density at radius 2 is 1.55 bits per heavy atom. The Labute approximate surface area is 170 Å². The highest BCUT2D eigenvalue weighted by atomic mass is 16.5. The minimum Gasteiger partial charge on any atom is -0.497 e. The molecule has 0 aliphatic rings. The van der Waals surface area contributed by atoms with Crippen molar-refractivity contribution in [1.82, 2.24) is 5.32 Å². The van der Waals surface area contributed by atoms with Crippen molar-refractivity contribution in [1.29, 1.82) is 0 Å². The second kappa shape index (κ2) is 9.55. The number of anilines is 1. The number of methoxy groups -OCH3 is 1. The van der Waals surface area contributed by atoms with Crippen molar-refractivity contribution < 1.29 is 14.3 Å². The average Bonchev–Trinajstić information content (AvgIpc) is 2.74. The molecule has 0 saturated carbocycles. The van der Waals surface area contributed by atoms with Gasteiger partial charge in [0.1, 0.15) is 5.75 Å². The number of hydrogen-bond acceptors (Lipinski definition) is 3. The zero-order valence-electron chi connectivity index (χ0n) is 16.6. The fraction of sp³-hybridized carbons (Fsp3) is 0.167. The zero-order valence-corrected chi connectivity index (χ0v) is 16.6. The van der Waals surface area contributed by atoms with Crippen LogP contribution in [-0.2, 0) is 6.42 Å². The normalized spacial score (nSPS) is 10.3. The van der Waals surface area contributed by atoms with Gasteiger partial charge in [-0.2, -0.15) is 0 Å². The van der Waals surface area contributed by atoms with E-state index >= 15 is 0 Å². The summed E-state index contributed by atoms with van der Waals surface area (Å²) in [6.07, 6.45) is 0.708. The predicted octanol–water partition coefficient (Wildman–Crippen LogP) is 4.23. The SMILES string of the molecule is COc1cccc(CCNC(=O)c2ccc(C(=O)Nc3cccc(C)c3)cc2)c1. The number of ether oxygens (including phenoxy) is 1. The van der Waals surface area contributed by atoms with Gasteiger partial charge < -0.3 is 15.4 Å². The summed E-state index contributed by atoms with van der Waals surface area (Å²) in [5.74, 6) is 0.424. The number of amides is 2. The number of nitrogens with one attached hydrogen (secondary N) is 2. The van der Waals surface area contributed by atoms with Crippen molar-refractivity contribution in [3.63, 3.8) is 0 Å². The third kappa shape index (κ3) is 5.69. The van der Waals surface area contributed by atoms with Gasteiger partial charge in [0.15, 0.2) is 0 Å². The standard InChI is InChI=1S/C24H24N2O3/c1-17-5-3-7-21(15-17)26-24(28)20-11-9-19(10-12-20)23(27)25-14-13-18-6-4-8-22(16-18)29-2/h3-12,15-16H,13-14H2,1-2H3,(H,25,27)(H,26,28). The van der Waals surface area contributed by atoms with E-state index in [2.05, 4.69) is 10.6 Å². The molecule has 29 heavy (non-hydrogen) atoms. The molecule has 3 aromatic rings. The van der Waals surface area contributed by atoms with Gasteiger partial charge in [-0.3, -0.25) is 9.59 Å². The molecule has 5 nitrogen and oxygen atoms in total. The second-order valence-corrected chi connectivity index (χ2v) is 6.76. The molecule has 0 aromatic heterocycles. The van der Waals surface area contributed by atoms with Crippen molar-refractivity contribution in [3.05, 3.63) is 95.1 Å². The Balaban J connectivity index is 1.53. The fourth-order valence-electron chi connectivity index (χ4n) is 2.95. The molecule has 0 radical (unpaired) electrons. The summed E-state index contributed by atoms with van der Waals surface area (Å²) < 4.78 is 5.21. The van der Waals surface area contributed by atoms with E-state index in [-0.39, 0.29) is 11.8 Å². The predicted molar refractivity (Wildman–Crippen MR) is 115 cm³/mol. The van der Waals surface area contributed by atoms with Gasteiger partial charge in [-0.05, 0) is 73.0 Å². The van der Waals surface area contributed by atoms with Crippen molar-refractivity contribution in [2.75, 3.05) is 19.0 Å². The minimum atomic E-state index is -0.208. The van der Waals surface area contributed by atoms with Gasteiger partial charge in [0, 0.05) is 23.4 Å². The van der Waals surface area contributed by atoms with Crippen LogP contribution in [0.1, 0.15) is 31.8 Å². The molecule has 0 aliphatic heterocycles. The van der Waals surface area contributed by atoms with Crippen LogP contribution in [0.5, 0.6) is 5.75 Å². The summed E-state index contributed by atoms with van der Waals surface area (Å²) in [7, 11) is 1.63. The van der Waals surface area contributed by atoms with Crippen LogP contribution < -0.4 is 15.4 Å². The van der Waals surface area contributed by atoms with Gasteiger partial charge in [0.2, 0.25) is 0 Å². The van der Waals surface area contributed by atoms with Gasteiger partial charge in [0.05, 0.1) is 7.11 Å². The van der Waals surface area contributed by atoms with Crippen molar-refractivity contribution in [2.24, 2.45) is 0 Å². The molecule has 0 unspecified atom stereocenters. The lowest BCUT2D eigenvalue weighted by Gasteiger charge is -2.08. The lowest BCUT2D eigenvalue weighted by molar-refractivity contribution is 0.0952.